The van der Waals surface area contributed by atoms with E-state index in [9.17, 15) is 9.59 Å². The fourth-order valence-corrected chi connectivity index (χ4v) is 5.18. The monoisotopic (exact) mass is 518 g/mol. The van der Waals surface area contributed by atoms with Crippen molar-refractivity contribution >= 4 is 39.5 Å². The molecule has 1 atom stereocenters. The van der Waals surface area contributed by atoms with Gasteiger partial charge in [0.25, 0.3) is 0 Å². The molecule has 2 aromatic carbocycles. The Hall–Kier alpha value is -1.99. The fraction of sp³-hybridized carbons (Fsp3) is 0.440. The number of rotatable bonds is 10. The van der Waals surface area contributed by atoms with Crippen molar-refractivity contribution < 1.29 is 14.3 Å². The maximum atomic E-state index is 13.2. The molecule has 5 nitrogen and oxygen atoms in total. The molecule has 0 radical (unpaired) electrons. The minimum Gasteiger partial charge on any atom is -0.497 e. The summed E-state index contributed by atoms with van der Waals surface area (Å²) in [5.74, 6) is 1.76. The number of carbonyl (C=O) groups excluding carboxylic acids is 2. The number of ether oxygens (including phenoxy) is 1. The van der Waals surface area contributed by atoms with Crippen molar-refractivity contribution in [1.82, 2.24) is 10.2 Å². The van der Waals surface area contributed by atoms with E-state index in [2.05, 4.69) is 21.2 Å². The van der Waals surface area contributed by atoms with E-state index >= 15 is 0 Å². The first kappa shape index (κ1) is 24.6. The van der Waals surface area contributed by atoms with Crippen molar-refractivity contribution in [1.29, 1.82) is 0 Å². The Balaban J connectivity index is 1.63. The van der Waals surface area contributed by atoms with Gasteiger partial charge in [0.1, 0.15) is 11.8 Å². The summed E-state index contributed by atoms with van der Waals surface area (Å²) in [5.41, 5.74) is 2.13. The van der Waals surface area contributed by atoms with E-state index in [4.69, 9.17) is 4.74 Å². The molecule has 1 fully saturated rings. The van der Waals surface area contributed by atoms with Crippen LogP contribution in [-0.2, 0) is 21.9 Å². The molecule has 1 N–H and O–H groups in total. The van der Waals surface area contributed by atoms with Crippen molar-refractivity contribution in [3.63, 3.8) is 0 Å². The first-order valence-corrected chi connectivity index (χ1v) is 13.0. The van der Waals surface area contributed by atoms with Gasteiger partial charge in [-0.2, -0.15) is 0 Å². The maximum Gasteiger partial charge on any atom is 0.242 e. The van der Waals surface area contributed by atoms with Gasteiger partial charge in [0.05, 0.1) is 12.9 Å². The van der Waals surface area contributed by atoms with E-state index in [1.165, 1.54) is 0 Å². The fourth-order valence-electron chi connectivity index (χ4n) is 3.87. The summed E-state index contributed by atoms with van der Waals surface area (Å²) in [6.45, 7) is 2.23. The van der Waals surface area contributed by atoms with Crippen LogP contribution in [0.3, 0.4) is 0 Å². The smallest absolute Gasteiger partial charge is 0.242 e. The van der Waals surface area contributed by atoms with Crippen LogP contribution < -0.4 is 10.1 Å². The van der Waals surface area contributed by atoms with Crippen LogP contribution >= 0.6 is 27.7 Å². The molecule has 0 aromatic heterocycles. The summed E-state index contributed by atoms with van der Waals surface area (Å²) in [5, 5.41) is 3.14. The van der Waals surface area contributed by atoms with Crippen LogP contribution in [0.15, 0.2) is 53.0 Å². The molecule has 1 unspecified atom stereocenters. The highest BCUT2D eigenvalue weighted by molar-refractivity contribution is 9.10. The van der Waals surface area contributed by atoms with Gasteiger partial charge in [0, 0.05) is 22.8 Å². The van der Waals surface area contributed by atoms with Gasteiger partial charge in [-0.3, -0.25) is 9.59 Å². The molecule has 2 aromatic rings. The van der Waals surface area contributed by atoms with Gasteiger partial charge in [0.15, 0.2) is 0 Å². The maximum absolute atomic E-state index is 13.2. The van der Waals surface area contributed by atoms with Gasteiger partial charge < -0.3 is 15.0 Å². The number of nitrogens with zero attached hydrogens (tertiary/aromatic N) is 1. The number of nitrogens with one attached hydrogen (secondary N) is 1. The molecule has 172 valence electrons. The molecule has 0 spiro atoms. The standard InChI is InChI=1S/C25H31BrN2O3S/c1-18(25(30)27-22-8-3-4-9-22)28(15-20-6-5-7-21(26)14-20)24(29)17-32-16-19-10-12-23(31-2)13-11-19/h5-7,10-14,18,22H,3-4,8-9,15-17H2,1-2H3,(H,27,30). The number of hydrogen-bond acceptors (Lipinski definition) is 4. The summed E-state index contributed by atoms with van der Waals surface area (Å²) in [6, 6.07) is 15.4. The molecule has 0 saturated heterocycles. The second kappa shape index (κ2) is 12.3. The Morgan fingerprint density at radius 2 is 1.88 bits per heavy atom. The van der Waals surface area contributed by atoms with Crippen LogP contribution in [0.4, 0.5) is 0 Å². The topological polar surface area (TPSA) is 58.6 Å². The van der Waals surface area contributed by atoms with E-state index in [1.807, 2.05) is 55.5 Å². The zero-order chi connectivity index (χ0) is 22.9. The molecule has 1 aliphatic rings. The predicted octanol–water partition coefficient (Wildman–Crippen LogP) is 5.17. The lowest BCUT2D eigenvalue weighted by atomic mass is 10.1. The molecule has 2 amide bonds. The number of carbonyl (C=O) groups is 2. The van der Waals surface area contributed by atoms with Crippen molar-refractivity contribution in [3.05, 3.63) is 64.1 Å². The molecule has 0 aliphatic heterocycles. The van der Waals surface area contributed by atoms with Gasteiger partial charge in [-0.15, -0.1) is 11.8 Å². The van der Waals surface area contributed by atoms with Crippen LogP contribution in [0.25, 0.3) is 0 Å². The van der Waals surface area contributed by atoms with E-state index in [0.29, 0.717) is 12.3 Å². The molecular weight excluding hydrogens is 488 g/mol. The van der Waals surface area contributed by atoms with E-state index in [-0.39, 0.29) is 17.9 Å². The molecule has 1 saturated carbocycles. The SMILES string of the molecule is COc1ccc(CSCC(=O)N(Cc2cccc(Br)c2)C(C)C(=O)NC2CCCC2)cc1. The highest BCUT2D eigenvalue weighted by Gasteiger charge is 2.28. The molecule has 0 heterocycles. The first-order valence-electron chi connectivity index (χ1n) is 11.0. The number of benzene rings is 2. The Labute approximate surface area is 203 Å². The zero-order valence-electron chi connectivity index (χ0n) is 18.7. The molecule has 1 aliphatic carbocycles. The summed E-state index contributed by atoms with van der Waals surface area (Å²) in [6.07, 6.45) is 4.36. The van der Waals surface area contributed by atoms with Crippen molar-refractivity contribution in [2.75, 3.05) is 12.9 Å². The minimum atomic E-state index is -0.524. The van der Waals surface area contributed by atoms with Crippen molar-refractivity contribution in [2.45, 2.75) is 57.0 Å². The van der Waals surface area contributed by atoms with Gasteiger partial charge >= 0.3 is 0 Å². The Morgan fingerprint density at radius 1 is 1.16 bits per heavy atom. The van der Waals surface area contributed by atoms with Gasteiger partial charge in [-0.05, 0) is 55.2 Å². The molecule has 0 bridgehead atoms. The largest absolute Gasteiger partial charge is 0.497 e. The Bertz CT molecular complexity index is 900. The van der Waals surface area contributed by atoms with Crippen LogP contribution in [0.2, 0.25) is 0 Å². The number of thioether (sulfide) groups is 1. The van der Waals surface area contributed by atoms with E-state index in [0.717, 1.165) is 52.8 Å². The van der Waals surface area contributed by atoms with E-state index in [1.54, 1.807) is 23.8 Å². The summed E-state index contributed by atoms with van der Waals surface area (Å²) < 4.78 is 6.15. The minimum absolute atomic E-state index is 0.0300. The lowest BCUT2D eigenvalue weighted by Gasteiger charge is -2.29. The third-order valence-corrected chi connectivity index (χ3v) is 7.25. The number of methoxy groups -OCH3 is 1. The Morgan fingerprint density at radius 3 is 2.53 bits per heavy atom. The van der Waals surface area contributed by atoms with E-state index < -0.39 is 6.04 Å². The average Bonchev–Trinajstić information content (AvgIpc) is 3.30. The molecule has 7 heteroatoms. The predicted molar refractivity (Wildman–Crippen MR) is 134 cm³/mol. The Kier molecular flexibility index (Phi) is 9.48. The highest BCUT2D eigenvalue weighted by atomic mass is 79.9. The van der Waals surface area contributed by atoms with Crippen LogP contribution in [-0.4, -0.2) is 41.7 Å². The lowest BCUT2D eigenvalue weighted by Crippen LogP contribution is -2.50. The quantitative estimate of drug-likeness (QED) is 0.471. The second-order valence-electron chi connectivity index (χ2n) is 8.16. The van der Waals surface area contributed by atoms with Gasteiger partial charge in [-0.25, -0.2) is 0 Å². The third kappa shape index (κ3) is 7.27. The average molecular weight is 520 g/mol. The summed E-state index contributed by atoms with van der Waals surface area (Å²) in [4.78, 5) is 27.8. The van der Waals surface area contributed by atoms with Crippen molar-refractivity contribution in [3.8, 4) is 5.75 Å². The lowest BCUT2D eigenvalue weighted by molar-refractivity contribution is -0.138. The number of amides is 2. The molecular formula is C25H31BrN2O3S. The first-order chi connectivity index (χ1) is 15.5. The number of hydrogen-bond donors (Lipinski definition) is 1. The normalized spacial score (nSPS) is 14.7. The zero-order valence-corrected chi connectivity index (χ0v) is 21.1. The van der Waals surface area contributed by atoms with Gasteiger partial charge in [-0.1, -0.05) is 53.0 Å². The molecule has 3 rings (SSSR count). The molecule has 32 heavy (non-hydrogen) atoms. The van der Waals surface area contributed by atoms with Crippen molar-refractivity contribution in [2.24, 2.45) is 0 Å². The summed E-state index contributed by atoms with van der Waals surface area (Å²) >= 11 is 5.05. The third-order valence-electron chi connectivity index (χ3n) is 5.76. The van der Waals surface area contributed by atoms with Crippen LogP contribution in [0.5, 0.6) is 5.75 Å². The van der Waals surface area contributed by atoms with Crippen LogP contribution in [0.1, 0.15) is 43.7 Å². The highest BCUT2D eigenvalue weighted by Crippen LogP contribution is 2.21. The second-order valence-corrected chi connectivity index (χ2v) is 10.1. The summed E-state index contributed by atoms with van der Waals surface area (Å²) in [7, 11) is 1.65. The van der Waals surface area contributed by atoms with Gasteiger partial charge in [0.2, 0.25) is 11.8 Å². The van der Waals surface area contributed by atoms with Crippen LogP contribution in [0, 0.1) is 0 Å². The number of halogens is 1.